The van der Waals surface area contributed by atoms with Crippen molar-refractivity contribution in [2.75, 3.05) is 13.1 Å². The Bertz CT molecular complexity index is 589. The predicted octanol–water partition coefficient (Wildman–Crippen LogP) is 1.46. The molecule has 0 atom stereocenters. The molecule has 21 heavy (non-hydrogen) atoms. The highest BCUT2D eigenvalue weighted by molar-refractivity contribution is 5.91. The topological polar surface area (TPSA) is 81.4 Å². The molecule has 0 aromatic carbocycles. The van der Waals surface area contributed by atoms with E-state index >= 15 is 0 Å². The minimum Gasteiger partial charge on any atom is -0.473 e. The monoisotopic (exact) mass is 288 g/mol. The van der Waals surface area contributed by atoms with Crippen molar-refractivity contribution < 1.29 is 14.1 Å². The van der Waals surface area contributed by atoms with Crippen molar-refractivity contribution in [2.24, 2.45) is 0 Å². The lowest BCUT2D eigenvalue weighted by Gasteiger charge is -2.31. The average Bonchev–Trinajstić information content (AvgIpc) is 3.04. The van der Waals surface area contributed by atoms with E-state index in [-0.39, 0.29) is 17.8 Å². The van der Waals surface area contributed by atoms with Crippen LogP contribution in [0.25, 0.3) is 0 Å². The number of amides is 1. The third kappa shape index (κ3) is 3.18. The molecular weight excluding hydrogens is 272 g/mol. The minimum absolute atomic E-state index is 0.0563. The number of likely N-dealkylation sites (tertiary alicyclic amines) is 1. The Labute approximate surface area is 121 Å². The molecule has 3 heterocycles. The molecule has 1 aliphatic heterocycles. The van der Waals surface area contributed by atoms with E-state index in [0.717, 1.165) is 18.5 Å². The first kappa shape index (κ1) is 13.5. The molecule has 0 N–H and O–H groups in total. The maximum absolute atomic E-state index is 12.1. The van der Waals surface area contributed by atoms with E-state index in [1.54, 1.807) is 11.0 Å². The molecule has 7 nitrogen and oxygen atoms in total. The van der Waals surface area contributed by atoms with Crippen molar-refractivity contribution in [3.63, 3.8) is 0 Å². The van der Waals surface area contributed by atoms with E-state index < -0.39 is 0 Å². The van der Waals surface area contributed by atoms with Crippen LogP contribution in [0.1, 0.15) is 29.1 Å². The number of aryl methyl sites for hydroxylation is 1. The second kappa shape index (κ2) is 5.90. The van der Waals surface area contributed by atoms with Crippen molar-refractivity contribution in [2.45, 2.75) is 25.9 Å². The standard InChI is InChI=1S/C14H16N4O3/c1-10-2-3-13(17-16-10)20-11-5-8-18(9-6-11)14(19)12-4-7-15-21-12/h2-4,7,11H,5-6,8-9H2,1H3. The molecule has 0 radical (unpaired) electrons. The van der Waals surface area contributed by atoms with Crippen LogP contribution < -0.4 is 4.74 Å². The molecule has 0 saturated carbocycles. The highest BCUT2D eigenvalue weighted by Gasteiger charge is 2.26. The van der Waals surface area contributed by atoms with Gasteiger partial charge in [0.15, 0.2) is 0 Å². The fraction of sp³-hybridized carbons (Fsp3) is 0.429. The fourth-order valence-corrected chi connectivity index (χ4v) is 2.28. The number of rotatable bonds is 3. The van der Waals surface area contributed by atoms with Crippen LogP contribution in [0.5, 0.6) is 5.88 Å². The third-order valence-electron chi connectivity index (χ3n) is 3.44. The molecule has 7 heteroatoms. The van der Waals surface area contributed by atoms with Crippen molar-refractivity contribution in [3.05, 3.63) is 35.9 Å². The zero-order chi connectivity index (χ0) is 14.7. The quantitative estimate of drug-likeness (QED) is 0.850. The molecule has 1 saturated heterocycles. The number of ether oxygens (including phenoxy) is 1. The lowest BCUT2D eigenvalue weighted by molar-refractivity contribution is 0.0549. The second-order valence-corrected chi connectivity index (χ2v) is 5.00. The Morgan fingerprint density at radius 3 is 2.71 bits per heavy atom. The second-order valence-electron chi connectivity index (χ2n) is 5.00. The van der Waals surface area contributed by atoms with Gasteiger partial charge in [-0.1, -0.05) is 5.16 Å². The molecule has 0 aliphatic carbocycles. The third-order valence-corrected chi connectivity index (χ3v) is 3.44. The van der Waals surface area contributed by atoms with Gasteiger partial charge in [0.25, 0.3) is 5.91 Å². The number of carbonyl (C=O) groups excluding carboxylic acids is 1. The van der Waals surface area contributed by atoms with Gasteiger partial charge in [0.1, 0.15) is 6.10 Å². The van der Waals surface area contributed by atoms with Crippen LogP contribution in [0.3, 0.4) is 0 Å². The van der Waals surface area contributed by atoms with Crippen LogP contribution in [-0.4, -0.2) is 45.4 Å². The first-order valence-electron chi connectivity index (χ1n) is 6.89. The van der Waals surface area contributed by atoms with Crippen molar-refractivity contribution in [3.8, 4) is 5.88 Å². The van der Waals surface area contributed by atoms with E-state index in [4.69, 9.17) is 9.26 Å². The maximum atomic E-state index is 12.1. The average molecular weight is 288 g/mol. The molecule has 0 unspecified atom stereocenters. The molecular formula is C14H16N4O3. The normalized spacial score (nSPS) is 16.0. The number of aromatic nitrogens is 3. The fourth-order valence-electron chi connectivity index (χ4n) is 2.28. The molecule has 2 aromatic heterocycles. The van der Waals surface area contributed by atoms with Crippen LogP contribution in [0.15, 0.2) is 28.9 Å². The number of carbonyl (C=O) groups is 1. The summed E-state index contributed by atoms with van der Waals surface area (Å²) >= 11 is 0. The predicted molar refractivity (Wildman–Crippen MR) is 72.8 cm³/mol. The lowest BCUT2D eigenvalue weighted by atomic mass is 10.1. The van der Waals surface area contributed by atoms with Gasteiger partial charge in [0, 0.05) is 38.1 Å². The van der Waals surface area contributed by atoms with Gasteiger partial charge in [0.05, 0.1) is 11.9 Å². The summed E-state index contributed by atoms with van der Waals surface area (Å²) in [7, 11) is 0. The number of nitrogens with zero attached hydrogens (tertiary/aromatic N) is 4. The highest BCUT2D eigenvalue weighted by Crippen LogP contribution is 2.18. The molecule has 0 spiro atoms. The molecule has 110 valence electrons. The van der Waals surface area contributed by atoms with Gasteiger partial charge >= 0.3 is 0 Å². The Morgan fingerprint density at radius 2 is 2.10 bits per heavy atom. The van der Waals surface area contributed by atoms with Crippen LogP contribution in [-0.2, 0) is 0 Å². The summed E-state index contributed by atoms with van der Waals surface area (Å²) in [4.78, 5) is 13.8. The summed E-state index contributed by atoms with van der Waals surface area (Å²) in [6.45, 7) is 3.14. The number of hydrogen-bond acceptors (Lipinski definition) is 6. The largest absolute Gasteiger partial charge is 0.473 e. The zero-order valence-corrected chi connectivity index (χ0v) is 11.7. The van der Waals surface area contributed by atoms with Crippen molar-refractivity contribution in [1.29, 1.82) is 0 Å². The molecule has 2 aromatic rings. The number of piperidine rings is 1. The van der Waals surface area contributed by atoms with Crippen molar-refractivity contribution >= 4 is 5.91 Å². The highest BCUT2D eigenvalue weighted by atomic mass is 16.5. The zero-order valence-electron chi connectivity index (χ0n) is 11.7. The Morgan fingerprint density at radius 1 is 1.29 bits per heavy atom. The van der Waals surface area contributed by atoms with Crippen LogP contribution in [0.4, 0.5) is 0 Å². The first-order valence-corrected chi connectivity index (χ1v) is 6.89. The van der Waals surface area contributed by atoms with Crippen molar-refractivity contribution in [1.82, 2.24) is 20.3 Å². The van der Waals surface area contributed by atoms with E-state index in [0.29, 0.717) is 19.0 Å². The minimum atomic E-state index is -0.124. The van der Waals surface area contributed by atoms with Gasteiger partial charge < -0.3 is 14.2 Å². The molecule has 3 rings (SSSR count). The summed E-state index contributed by atoms with van der Waals surface area (Å²) in [5, 5.41) is 11.5. The van der Waals surface area contributed by atoms with Gasteiger partial charge in [-0.25, -0.2) is 0 Å². The smallest absolute Gasteiger partial charge is 0.292 e. The maximum Gasteiger partial charge on any atom is 0.292 e. The van der Waals surface area contributed by atoms with Gasteiger partial charge in [-0.05, 0) is 13.0 Å². The van der Waals surface area contributed by atoms with Gasteiger partial charge in [-0.15, -0.1) is 5.10 Å². The van der Waals surface area contributed by atoms with E-state index in [9.17, 15) is 4.79 Å². The van der Waals surface area contributed by atoms with Crippen LogP contribution in [0.2, 0.25) is 0 Å². The molecule has 1 fully saturated rings. The van der Waals surface area contributed by atoms with Crippen LogP contribution >= 0.6 is 0 Å². The van der Waals surface area contributed by atoms with Gasteiger partial charge in [-0.2, -0.15) is 5.10 Å². The molecule has 1 amide bonds. The first-order chi connectivity index (χ1) is 10.2. The van der Waals surface area contributed by atoms with E-state index in [1.807, 2.05) is 19.1 Å². The van der Waals surface area contributed by atoms with Crippen LogP contribution in [0, 0.1) is 6.92 Å². The molecule has 1 aliphatic rings. The summed E-state index contributed by atoms with van der Waals surface area (Å²) in [5.74, 6) is 0.681. The summed E-state index contributed by atoms with van der Waals surface area (Å²) in [6, 6.07) is 5.26. The van der Waals surface area contributed by atoms with Gasteiger partial charge in [0.2, 0.25) is 11.6 Å². The van der Waals surface area contributed by atoms with Gasteiger partial charge in [-0.3, -0.25) is 4.79 Å². The number of hydrogen-bond donors (Lipinski definition) is 0. The summed E-state index contributed by atoms with van der Waals surface area (Å²) < 4.78 is 10.7. The van der Waals surface area contributed by atoms with E-state index in [1.165, 1.54) is 6.20 Å². The Balaban J connectivity index is 1.53. The van der Waals surface area contributed by atoms with E-state index in [2.05, 4.69) is 15.4 Å². The Kier molecular flexibility index (Phi) is 3.81. The molecule has 0 bridgehead atoms. The Hall–Kier alpha value is -2.44. The SMILES string of the molecule is Cc1ccc(OC2CCN(C(=O)c3ccno3)CC2)nn1. The summed E-state index contributed by atoms with van der Waals surface area (Å²) in [5.41, 5.74) is 0.856. The lowest BCUT2D eigenvalue weighted by Crippen LogP contribution is -2.41. The summed E-state index contributed by atoms with van der Waals surface area (Å²) in [6.07, 6.45) is 3.05.